The van der Waals surface area contributed by atoms with E-state index in [0.717, 1.165) is 29.2 Å². The number of amides is 1. The molecular weight excluding hydrogens is 398 g/mol. The molecule has 3 aromatic carbocycles. The first-order valence-corrected chi connectivity index (χ1v) is 10.4. The lowest BCUT2D eigenvalue weighted by molar-refractivity contribution is -0.139. The van der Waals surface area contributed by atoms with E-state index in [-0.39, 0.29) is 11.3 Å². The summed E-state index contributed by atoms with van der Waals surface area (Å²) in [4.78, 5) is 27.6. The molecule has 3 aromatic rings. The van der Waals surface area contributed by atoms with E-state index in [9.17, 15) is 14.7 Å². The second-order valence-corrected chi connectivity index (χ2v) is 7.86. The van der Waals surface area contributed by atoms with E-state index in [1.807, 2.05) is 49.4 Å². The fourth-order valence-corrected chi connectivity index (χ4v) is 4.23. The van der Waals surface area contributed by atoms with Crippen LogP contribution >= 0.6 is 11.6 Å². The van der Waals surface area contributed by atoms with Crippen molar-refractivity contribution < 1.29 is 14.7 Å². The summed E-state index contributed by atoms with van der Waals surface area (Å²) in [5.74, 6) is -1.45. The van der Waals surface area contributed by atoms with Crippen molar-refractivity contribution in [1.82, 2.24) is 4.90 Å². The van der Waals surface area contributed by atoms with E-state index in [0.29, 0.717) is 17.1 Å². The summed E-state index contributed by atoms with van der Waals surface area (Å²) in [6, 6.07) is 19.7. The molecule has 0 radical (unpaired) electrons. The molecule has 0 aromatic heterocycles. The van der Waals surface area contributed by atoms with E-state index >= 15 is 0 Å². The van der Waals surface area contributed by atoms with Crippen molar-refractivity contribution in [2.75, 3.05) is 6.54 Å². The van der Waals surface area contributed by atoms with Gasteiger partial charge in [-0.2, -0.15) is 0 Å². The number of carbonyl (C=O) groups is 2. The highest BCUT2D eigenvalue weighted by Gasteiger charge is 2.46. The number of hydrogen-bond acceptors (Lipinski definition) is 3. The lowest BCUT2D eigenvalue weighted by atomic mass is 9.91. The van der Waals surface area contributed by atoms with E-state index in [1.54, 1.807) is 29.2 Å². The molecule has 1 unspecified atom stereocenters. The van der Waals surface area contributed by atoms with Crippen LogP contribution in [0.3, 0.4) is 0 Å². The number of ketones is 1. The minimum Gasteiger partial charge on any atom is -0.507 e. The number of Topliss-reactive ketones (excluding diaryl/α,β-unsaturated/α-hetero) is 1. The monoisotopic (exact) mass is 419 g/mol. The number of aliphatic hydroxyl groups is 1. The van der Waals surface area contributed by atoms with Gasteiger partial charge in [0.15, 0.2) is 0 Å². The van der Waals surface area contributed by atoms with E-state index in [4.69, 9.17) is 11.6 Å². The number of hydrogen-bond donors (Lipinski definition) is 1. The van der Waals surface area contributed by atoms with E-state index in [2.05, 4.69) is 0 Å². The number of aliphatic hydroxyl groups excluding tert-OH is 1. The van der Waals surface area contributed by atoms with Crippen LogP contribution in [0.15, 0.2) is 72.3 Å². The fraction of sp³-hybridized carbons (Fsp3) is 0.200. The Labute approximate surface area is 180 Å². The van der Waals surface area contributed by atoms with Crippen molar-refractivity contribution in [3.05, 3.63) is 88.5 Å². The normalized spacial score (nSPS) is 18.3. The van der Waals surface area contributed by atoms with E-state index in [1.165, 1.54) is 0 Å². The van der Waals surface area contributed by atoms with Gasteiger partial charge in [-0.15, -0.1) is 0 Å². The maximum atomic E-state index is 13.1. The minimum atomic E-state index is -0.665. The van der Waals surface area contributed by atoms with Gasteiger partial charge in [0.1, 0.15) is 5.76 Å². The summed E-state index contributed by atoms with van der Waals surface area (Å²) >= 11 is 6.09. The number of unbranched alkanes of at least 4 members (excludes halogenated alkanes) is 1. The van der Waals surface area contributed by atoms with Gasteiger partial charge >= 0.3 is 0 Å². The molecule has 30 heavy (non-hydrogen) atoms. The first kappa shape index (κ1) is 20.2. The lowest BCUT2D eigenvalue weighted by Crippen LogP contribution is -2.30. The number of fused-ring (bicyclic) bond motifs is 1. The number of benzene rings is 3. The average Bonchev–Trinajstić information content (AvgIpc) is 3.01. The second kappa shape index (κ2) is 8.33. The van der Waals surface area contributed by atoms with Crippen molar-refractivity contribution in [3.8, 4) is 0 Å². The Morgan fingerprint density at radius 2 is 1.77 bits per heavy atom. The summed E-state index contributed by atoms with van der Waals surface area (Å²) in [5, 5.41) is 13.5. The molecule has 0 saturated carbocycles. The molecular formula is C25H22ClNO3. The highest BCUT2D eigenvalue weighted by molar-refractivity contribution is 6.46. The molecule has 1 N–H and O–H groups in total. The van der Waals surface area contributed by atoms with Crippen LogP contribution in [-0.4, -0.2) is 28.2 Å². The van der Waals surface area contributed by atoms with Crippen LogP contribution in [0, 0.1) is 0 Å². The zero-order valence-electron chi connectivity index (χ0n) is 16.6. The molecule has 1 heterocycles. The maximum absolute atomic E-state index is 13.1. The van der Waals surface area contributed by atoms with Gasteiger partial charge in [-0.05, 0) is 34.9 Å². The topological polar surface area (TPSA) is 57.6 Å². The predicted octanol–water partition coefficient (Wildman–Crippen LogP) is 5.72. The molecule has 152 valence electrons. The van der Waals surface area contributed by atoms with Gasteiger partial charge in [0.25, 0.3) is 11.7 Å². The lowest BCUT2D eigenvalue weighted by Gasteiger charge is -2.26. The van der Waals surface area contributed by atoms with Crippen molar-refractivity contribution in [2.24, 2.45) is 0 Å². The number of halogens is 1. The first-order chi connectivity index (χ1) is 14.5. The van der Waals surface area contributed by atoms with Crippen LogP contribution in [0.4, 0.5) is 0 Å². The van der Waals surface area contributed by atoms with Crippen LogP contribution in [0.2, 0.25) is 5.02 Å². The third kappa shape index (κ3) is 3.48. The zero-order chi connectivity index (χ0) is 21.3. The van der Waals surface area contributed by atoms with E-state index < -0.39 is 17.7 Å². The smallest absolute Gasteiger partial charge is 0.295 e. The largest absolute Gasteiger partial charge is 0.507 e. The highest BCUT2D eigenvalue weighted by Crippen LogP contribution is 2.42. The van der Waals surface area contributed by atoms with Gasteiger partial charge in [0, 0.05) is 17.1 Å². The Hall–Kier alpha value is -3.11. The molecule has 1 atom stereocenters. The van der Waals surface area contributed by atoms with Gasteiger partial charge in [0.05, 0.1) is 11.6 Å². The maximum Gasteiger partial charge on any atom is 0.295 e. The number of nitrogens with zero attached hydrogens (tertiary/aromatic N) is 1. The van der Waals surface area contributed by atoms with Crippen LogP contribution in [-0.2, 0) is 9.59 Å². The SMILES string of the molecule is CCCCN1C(=O)C(=O)/C(=C(\O)c2cccc(Cl)c2)C1c1cccc2ccccc12. The Morgan fingerprint density at radius 1 is 1.03 bits per heavy atom. The average molecular weight is 420 g/mol. The molecule has 0 aliphatic carbocycles. The predicted molar refractivity (Wildman–Crippen MR) is 119 cm³/mol. The van der Waals surface area contributed by atoms with Gasteiger partial charge < -0.3 is 10.0 Å². The van der Waals surface area contributed by atoms with Gasteiger partial charge in [0.2, 0.25) is 0 Å². The second-order valence-electron chi connectivity index (χ2n) is 7.42. The van der Waals surface area contributed by atoms with Crippen molar-refractivity contribution in [3.63, 3.8) is 0 Å². The first-order valence-electron chi connectivity index (χ1n) is 10.0. The summed E-state index contributed by atoms with van der Waals surface area (Å²) in [6.45, 7) is 2.48. The molecule has 1 fully saturated rings. The van der Waals surface area contributed by atoms with Gasteiger partial charge in [-0.25, -0.2) is 0 Å². The Bertz CT molecular complexity index is 1160. The molecule has 1 saturated heterocycles. The summed E-state index contributed by atoms with van der Waals surface area (Å²) in [5.41, 5.74) is 1.35. The number of rotatable bonds is 5. The highest BCUT2D eigenvalue weighted by atomic mass is 35.5. The van der Waals surface area contributed by atoms with Crippen LogP contribution in [0.5, 0.6) is 0 Å². The van der Waals surface area contributed by atoms with Crippen LogP contribution in [0.25, 0.3) is 16.5 Å². The number of likely N-dealkylation sites (tertiary alicyclic amines) is 1. The molecule has 4 nitrogen and oxygen atoms in total. The minimum absolute atomic E-state index is 0.106. The molecule has 0 spiro atoms. The quantitative estimate of drug-likeness (QED) is 0.327. The Kier molecular flexibility index (Phi) is 5.60. The molecule has 5 heteroatoms. The van der Waals surface area contributed by atoms with Crippen LogP contribution in [0.1, 0.15) is 36.9 Å². The summed E-state index contributed by atoms with van der Waals surface area (Å²) in [6.07, 6.45) is 1.66. The van der Waals surface area contributed by atoms with Crippen molar-refractivity contribution in [1.29, 1.82) is 0 Å². The standard InChI is InChI=1S/C25H22ClNO3/c1-2-3-14-27-22(20-13-7-9-16-8-4-5-12-19(16)20)21(24(29)25(27)30)23(28)17-10-6-11-18(26)15-17/h4-13,15,22,28H,2-3,14H2,1H3/b23-21-. The summed E-state index contributed by atoms with van der Waals surface area (Å²) in [7, 11) is 0. The molecule has 1 aliphatic heterocycles. The molecule has 0 bridgehead atoms. The van der Waals surface area contributed by atoms with Crippen molar-refractivity contribution in [2.45, 2.75) is 25.8 Å². The van der Waals surface area contributed by atoms with Gasteiger partial charge in [-0.1, -0.05) is 79.5 Å². The molecule has 1 amide bonds. The molecule has 4 rings (SSSR count). The molecule has 1 aliphatic rings. The Morgan fingerprint density at radius 3 is 2.53 bits per heavy atom. The third-order valence-corrected chi connectivity index (χ3v) is 5.74. The van der Waals surface area contributed by atoms with Gasteiger partial charge in [-0.3, -0.25) is 9.59 Å². The number of carbonyl (C=O) groups excluding carboxylic acids is 2. The van der Waals surface area contributed by atoms with Crippen molar-refractivity contribution >= 4 is 39.8 Å². The van der Waals surface area contributed by atoms with Crippen LogP contribution < -0.4 is 0 Å². The Balaban J connectivity index is 1.96. The third-order valence-electron chi connectivity index (χ3n) is 5.51. The summed E-state index contributed by atoms with van der Waals surface area (Å²) < 4.78 is 0. The fourth-order valence-electron chi connectivity index (χ4n) is 4.04. The zero-order valence-corrected chi connectivity index (χ0v) is 17.4.